The summed E-state index contributed by atoms with van der Waals surface area (Å²) in [4.78, 5) is 16.1. The Hall–Kier alpha value is -7.73. The van der Waals surface area contributed by atoms with E-state index in [-0.39, 0.29) is 0 Å². The van der Waals surface area contributed by atoms with Crippen molar-refractivity contribution in [3.8, 4) is 62.1 Å². The maximum absolute atomic E-state index is 5.43. The minimum absolute atomic E-state index is 0.570. The Balaban J connectivity index is 1.16. The number of thiophene rings is 1. The predicted octanol–water partition coefficient (Wildman–Crippen LogP) is 14.8. The number of nitrogens with zero attached hydrogens (tertiary/aromatic N) is 4. The molecule has 12 rings (SSSR count). The Kier molecular flexibility index (Phi) is 8.00. The van der Waals surface area contributed by atoms with E-state index in [4.69, 9.17) is 15.0 Å². The monoisotopic (exact) mass is 782 g/mol. The van der Waals surface area contributed by atoms with Gasteiger partial charge in [0, 0.05) is 53.0 Å². The zero-order valence-corrected chi connectivity index (χ0v) is 33.1. The van der Waals surface area contributed by atoms with Crippen LogP contribution in [0.25, 0.3) is 115 Å². The molecule has 0 saturated heterocycles. The minimum atomic E-state index is 0.570. The molecule has 280 valence electrons. The maximum Gasteiger partial charge on any atom is 0.238 e. The Labute approximate surface area is 350 Å². The van der Waals surface area contributed by atoms with Crippen molar-refractivity contribution in [1.82, 2.24) is 19.5 Å². The van der Waals surface area contributed by atoms with Crippen molar-refractivity contribution in [3.63, 3.8) is 0 Å². The first-order valence-electron chi connectivity index (χ1n) is 20.2. The molecule has 3 aromatic heterocycles. The van der Waals surface area contributed by atoms with Crippen molar-refractivity contribution in [3.05, 3.63) is 206 Å². The molecule has 9 aromatic carbocycles. The molecule has 0 saturated carbocycles. The van der Waals surface area contributed by atoms with Gasteiger partial charge in [0.25, 0.3) is 0 Å². The molecule has 0 atom stereocenters. The zero-order valence-electron chi connectivity index (χ0n) is 32.3. The minimum Gasteiger partial charge on any atom is -0.277 e. The summed E-state index contributed by atoms with van der Waals surface area (Å²) < 4.78 is 4.85. The highest BCUT2D eigenvalue weighted by Crippen LogP contribution is 2.45. The molecule has 60 heavy (non-hydrogen) atoms. The molecule has 0 radical (unpaired) electrons. The van der Waals surface area contributed by atoms with Crippen molar-refractivity contribution in [2.45, 2.75) is 0 Å². The molecule has 0 N–H and O–H groups in total. The van der Waals surface area contributed by atoms with E-state index in [1.807, 2.05) is 23.5 Å². The van der Waals surface area contributed by atoms with Crippen molar-refractivity contribution >= 4 is 64.1 Å². The van der Waals surface area contributed by atoms with Gasteiger partial charge >= 0.3 is 0 Å². The van der Waals surface area contributed by atoms with Crippen LogP contribution in [0.15, 0.2) is 206 Å². The number of rotatable bonds is 6. The SMILES string of the molecule is c1ccc(-c2ccc(-c3nc(-c4ccc(-c5ccccc5)cc4)nc(-n4c5c(-c6cccc7sc8ccccc8c67)cccc5c5ccc6ccccc6c54)n3)cc2)cc1. The second-order valence-electron chi connectivity index (χ2n) is 15.2. The fraction of sp³-hybridized carbons (Fsp3) is 0. The van der Waals surface area contributed by atoms with Crippen LogP contribution in [0.4, 0.5) is 0 Å². The van der Waals surface area contributed by atoms with Crippen molar-refractivity contribution < 1.29 is 0 Å². The van der Waals surface area contributed by atoms with Gasteiger partial charge in [0.05, 0.1) is 11.0 Å². The summed E-state index contributed by atoms with van der Waals surface area (Å²) >= 11 is 1.84. The fourth-order valence-electron chi connectivity index (χ4n) is 8.85. The highest BCUT2D eigenvalue weighted by Gasteiger charge is 2.23. The van der Waals surface area contributed by atoms with E-state index >= 15 is 0 Å². The number of hydrogen-bond acceptors (Lipinski definition) is 4. The first kappa shape index (κ1) is 34.3. The van der Waals surface area contributed by atoms with E-state index in [2.05, 4.69) is 199 Å². The standard InChI is InChI=1S/C55H34N4S/c1-3-13-35(14-4-1)37-25-29-40(30-26-37)53-56-54(41-31-27-38(28-32-41)36-15-5-2-6-16-36)58-55(57-53)59-51-42-18-8-7-17-39(42)33-34-46(51)45-22-11-21-44(52(45)59)43-20-12-24-49-50(43)47-19-9-10-23-48(47)60-49/h1-34H. The van der Waals surface area contributed by atoms with Gasteiger partial charge in [-0.3, -0.25) is 4.57 Å². The lowest BCUT2D eigenvalue weighted by atomic mass is 9.97. The molecule has 4 nitrogen and oxygen atoms in total. The van der Waals surface area contributed by atoms with E-state index in [0.717, 1.165) is 71.5 Å². The molecule has 0 bridgehead atoms. The maximum atomic E-state index is 5.43. The van der Waals surface area contributed by atoms with Crippen LogP contribution < -0.4 is 0 Å². The number of fused-ring (bicyclic) bond motifs is 8. The first-order chi connectivity index (χ1) is 29.7. The van der Waals surface area contributed by atoms with E-state index in [1.165, 1.54) is 25.7 Å². The molecule has 0 amide bonds. The van der Waals surface area contributed by atoms with Crippen molar-refractivity contribution in [2.24, 2.45) is 0 Å². The average molecular weight is 783 g/mol. The van der Waals surface area contributed by atoms with Gasteiger partial charge in [-0.2, -0.15) is 9.97 Å². The highest BCUT2D eigenvalue weighted by atomic mass is 32.1. The van der Waals surface area contributed by atoms with Gasteiger partial charge in [-0.15, -0.1) is 11.3 Å². The predicted molar refractivity (Wildman–Crippen MR) is 252 cm³/mol. The Morgan fingerprint density at radius 3 is 1.50 bits per heavy atom. The third-order valence-electron chi connectivity index (χ3n) is 11.7. The average Bonchev–Trinajstić information content (AvgIpc) is 3.89. The van der Waals surface area contributed by atoms with Crippen LogP contribution in [0.5, 0.6) is 0 Å². The van der Waals surface area contributed by atoms with Gasteiger partial charge in [0.1, 0.15) is 0 Å². The van der Waals surface area contributed by atoms with Crippen LogP contribution in [0.1, 0.15) is 0 Å². The summed E-state index contributed by atoms with van der Waals surface area (Å²) in [6.07, 6.45) is 0. The molecular formula is C55H34N4S. The van der Waals surface area contributed by atoms with Gasteiger partial charge in [-0.1, -0.05) is 194 Å². The lowest BCUT2D eigenvalue weighted by Crippen LogP contribution is -2.07. The molecule has 0 unspecified atom stereocenters. The normalized spacial score (nSPS) is 11.7. The summed E-state index contributed by atoms with van der Waals surface area (Å²) in [6.45, 7) is 0. The topological polar surface area (TPSA) is 43.6 Å². The third kappa shape index (κ3) is 5.63. The smallest absolute Gasteiger partial charge is 0.238 e. The molecule has 12 aromatic rings. The summed E-state index contributed by atoms with van der Waals surface area (Å²) in [5.74, 6) is 1.79. The van der Waals surface area contributed by atoms with E-state index in [1.54, 1.807) is 0 Å². The van der Waals surface area contributed by atoms with Crippen molar-refractivity contribution in [1.29, 1.82) is 0 Å². The number of hydrogen-bond donors (Lipinski definition) is 0. The summed E-state index contributed by atoms with van der Waals surface area (Å²) in [6, 6.07) is 73.3. The lowest BCUT2D eigenvalue weighted by molar-refractivity contribution is 0.955. The van der Waals surface area contributed by atoms with Crippen LogP contribution in [0.3, 0.4) is 0 Å². The van der Waals surface area contributed by atoms with Gasteiger partial charge in [0.15, 0.2) is 11.6 Å². The molecule has 0 fully saturated rings. The second-order valence-corrected chi connectivity index (χ2v) is 16.3. The summed E-state index contributed by atoms with van der Waals surface area (Å²) in [5, 5.41) is 7.12. The lowest BCUT2D eigenvalue weighted by Gasteiger charge is -2.14. The number of para-hydroxylation sites is 1. The first-order valence-corrected chi connectivity index (χ1v) is 21.0. The molecule has 0 aliphatic heterocycles. The summed E-state index contributed by atoms with van der Waals surface area (Å²) in [7, 11) is 0. The molecule has 0 spiro atoms. The Bertz CT molecular complexity index is 3470. The van der Waals surface area contributed by atoms with E-state index in [9.17, 15) is 0 Å². The van der Waals surface area contributed by atoms with Crippen LogP contribution in [0, 0.1) is 0 Å². The summed E-state index contributed by atoms with van der Waals surface area (Å²) in [5.41, 5.74) is 10.9. The Morgan fingerprint density at radius 2 is 0.817 bits per heavy atom. The van der Waals surface area contributed by atoms with Crippen LogP contribution in [-0.4, -0.2) is 19.5 Å². The quantitative estimate of drug-likeness (QED) is 0.169. The van der Waals surface area contributed by atoms with Crippen LogP contribution >= 0.6 is 11.3 Å². The molecule has 0 aliphatic rings. The molecular weight excluding hydrogens is 749 g/mol. The van der Waals surface area contributed by atoms with Crippen LogP contribution in [0.2, 0.25) is 0 Å². The Morgan fingerprint density at radius 1 is 0.317 bits per heavy atom. The highest BCUT2D eigenvalue weighted by molar-refractivity contribution is 7.25. The zero-order chi connectivity index (χ0) is 39.6. The van der Waals surface area contributed by atoms with Crippen molar-refractivity contribution in [2.75, 3.05) is 0 Å². The van der Waals surface area contributed by atoms with Gasteiger partial charge < -0.3 is 0 Å². The van der Waals surface area contributed by atoms with Gasteiger partial charge in [-0.25, -0.2) is 4.98 Å². The third-order valence-corrected chi connectivity index (χ3v) is 12.8. The fourth-order valence-corrected chi connectivity index (χ4v) is 9.98. The number of aromatic nitrogens is 4. The largest absolute Gasteiger partial charge is 0.277 e. The van der Waals surface area contributed by atoms with E-state index in [0.29, 0.717) is 17.6 Å². The molecule has 3 heterocycles. The van der Waals surface area contributed by atoms with Crippen LogP contribution in [-0.2, 0) is 0 Å². The molecule has 0 aliphatic carbocycles. The molecule has 5 heteroatoms. The second kappa shape index (κ2) is 14.0. The number of benzene rings is 9. The van der Waals surface area contributed by atoms with Gasteiger partial charge in [-0.05, 0) is 45.3 Å². The van der Waals surface area contributed by atoms with E-state index < -0.39 is 0 Å². The van der Waals surface area contributed by atoms with Gasteiger partial charge in [0.2, 0.25) is 5.95 Å².